The first kappa shape index (κ1) is 21.2. The fourth-order valence-corrected chi connectivity index (χ4v) is 3.12. The topological polar surface area (TPSA) is 83.1 Å². The number of para-hydroxylation sites is 1. The highest BCUT2D eigenvalue weighted by Gasteiger charge is 2.34. The standard InChI is InChI=1S/C19H14F4N4O2S/c20-15-7-6-12(8-14(15)19(21,22)23)24-16(28)9-13-10-30-18(26-13)27-17(29)25-11-4-2-1-3-5-11/h1-8,10H,9H2,(H,24,28)(H2,25,26,27,29). The van der Waals surface area contributed by atoms with E-state index < -0.39 is 29.5 Å². The van der Waals surface area contributed by atoms with Crippen LogP contribution in [0.4, 0.5) is 38.9 Å². The minimum Gasteiger partial charge on any atom is -0.326 e. The van der Waals surface area contributed by atoms with E-state index in [9.17, 15) is 27.2 Å². The van der Waals surface area contributed by atoms with Gasteiger partial charge in [0.2, 0.25) is 5.91 Å². The highest BCUT2D eigenvalue weighted by atomic mass is 32.1. The van der Waals surface area contributed by atoms with Gasteiger partial charge in [0.25, 0.3) is 0 Å². The van der Waals surface area contributed by atoms with Gasteiger partial charge in [-0.15, -0.1) is 11.3 Å². The molecule has 0 spiro atoms. The Balaban J connectivity index is 1.57. The second kappa shape index (κ2) is 8.91. The maximum Gasteiger partial charge on any atom is 0.419 e. The van der Waals surface area contributed by atoms with Crippen LogP contribution in [0.3, 0.4) is 0 Å². The summed E-state index contributed by atoms with van der Waals surface area (Å²) in [5.41, 5.74) is -0.760. The van der Waals surface area contributed by atoms with Crippen molar-refractivity contribution < 1.29 is 27.2 Å². The lowest BCUT2D eigenvalue weighted by molar-refractivity contribution is -0.140. The van der Waals surface area contributed by atoms with Crippen LogP contribution in [0.5, 0.6) is 0 Å². The number of aromatic nitrogens is 1. The van der Waals surface area contributed by atoms with Crippen molar-refractivity contribution in [3.63, 3.8) is 0 Å². The third kappa shape index (κ3) is 5.77. The number of halogens is 4. The molecule has 1 aromatic heterocycles. The number of carbonyl (C=O) groups excluding carboxylic acids is 2. The number of hydrogen-bond acceptors (Lipinski definition) is 4. The van der Waals surface area contributed by atoms with E-state index in [2.05, 4.69) is 20.9 Å². The minimum atomic E-state index is -4.87. The number of nitrogens with one attached hydrogen (secondary N) is 3. The van der Waals surface area contributed by atoms with Crippen molar-refractivity contribution in [2.24, 2.45) is 0 Å². The maximum atomic E-state index is 13.3. The number of alkyl halides is 3. The van der Waals surface area contributed by atoms with Crippen LogP contribution in [0.2, 0.25) is 0 Å². The Labute approximate surface area is 172 Å². The largest absolute Gasteiger partial charge is 0.419 e. The van der Waals surface area contributed by atoms with Crippen LogP contribution in [0.15, 0.2) is 53.9 Å². The smallest absolute Gasteiger partial charge is 0.326 e. The van der Waals surface area contributed by atoms with Crippen LogP contribution in [0.1, 0.15) is 11.3 Å². The number of carbonyl (C=O) groups is 2. The van der Waals surface area contributed by atoms with Gasteiger partial charge in [-0.05, 0) is 30.3 Å². The molecule has 0 saturated heterocycles. The number of benzene rings is 2. The molecule has 0 unspecified atom stereocenters. The predicted octanol–water partition coefficient (Wildman–Crippen LogP) is 5.13. The molecule has 0 atom stereocenters. The van der Waals surface area contributed by atoms with Gasteiger partial charge in [-0.25, -0.2) is 14.2 Å². The Hall–Kier alpha value is -3.47. The summed E-state index contributed by atoms with van der Waals surface area (Å²) < 4.78 is 51.6. The predicted molar refractivity (Wildman–Crippen MR) is 105 cm³/mol. The van der Waals surface area contributed by atoms with Crippen LogP contribution in [-0.2, 0) is 17.4 Å². The molecule has 2 aromatic carbocycles. The first-order valence-electron chi connectivity index (χ1n) is 8.45. The molecule has 0 aliphatic heterocycles. The molecule has 0 fully saturated rings. The number of anilines is 3. The van der Waals surface area contributed by atoms with E-state index in [0.29, 0.717) is 23.5 Å². The molecule has 0 saturated carbocycles. The lowest BCUT2D eigenvalue weighted by Gasteiger charge is -2.10. The lowest BCUT2D eigenvalue weighted by Crippen LogP contribution is -2.19. The summed E-state index contributed by atoms with van der Waals surface area (Å²) in [4.78, 5) is 28.1. The van der Waals surface area contributed by atoms with Gasteiger partial charge >= 0.3 is 12.2 Å². The van der Waals surface area contributed by atoms with Crippen molar-refractivity contribution in [2.45, 2.75) is 12.6 Å². The molecule has 3 amide bonds. The van der Waals surface area contributed by atoms with E-state index >= 15 is 0 Å². The van der Waals surface area contributed by atoms with Gasteiger partial charge in [-0.2, -0.15) is 13.2 Å². The molecule has 30 heavy (non-hydrogen) atoms. The summed E-state index contributed by atoms with van der Waals surface area (Å²) in [6.45, 7) is 0. The second-order valence-corrected chi connectivity index (χ2v) is 6.86. The van der Waals surface area contributed by atoms with Crippen molar-refractivity contribution in [2.75, 3.05) is 16.0 Å². The van der Waals surface area contributed by atoms with E-state index in [1.807, 2.05) is 0 Å². The molecule has 1 heterocycles. The van der Waals surface area contributed by atoms with E-state index in [-0.39, 0.29) is 17.2 Å². The fraction of sp³-hybridized carbons (Fsp3) is 0.105. The molecule has 11 heteroatoms. The van der Waals surface area contributed by atoms with E-state index in [4.69, 9.17) is 0 Å². The summed E-state index contributed by atoms with van der Waals surface area (Å²) in [5.74, 6) is -2.06. The van der Waals surface area contributed by atoms with Gasteiger partial charge in [0, 0.05) is 16.8 Å². The Bertz CT molecular complexity index is 1050. The van der Waals surface area contributed by atoms with Crippen LogP contribution in [-0.4, -0.2) is 16.9 Å². The Morgan fingerprint density at radius 3 is 2.40 bits per heavy atom. The van der Waals surface area contributed by atoms with Crippen molar-refractivity contribution in [1.82, 2.24) is 4.98 Å². The van der Waals surface area contributed by atoms with Gasteiger partial charge in [0.1, 0.15) is 5.82 Å². The highest BCUT2D eigenvalue weighted by Crippen LogP contribution is 2.33. The van der Waals surface area contributed by atoms with Gasteiger partial charge in [-0.3, -0.25) is 10.1 Å². The first-order chi connectivity index (χ1) is 14.2. The van der Waals surface area contributed by atoms with Gasteiger partial charge in [0.05, 0.1) is 17.7 Å². The third-order valence-electron chi connectivity index (χ3n) is 3.70. The summed E-state index contributed by atoms with van der Waals surface area (Å²) in [6.07, 6.45) is -5.11. The lowest BCUT2D eigenvalue weighted by atomic mass is 10.1. The number of amides is 3. The molecular formula is C19H14F4N4O2S. The molecule has 3 rings (SSSR count). The zero-order valence-electron chi connectivity index (χ0n) is 15.1. The summed E-state index contributed by atoms with van der Waals surface area (Å²) in [6, 6.07) is 10.4. The monoisotopic (exact) mass is 438 g/mol. The van der Waals surface area contributed by atoms with E-state index in [1.165, 1.54) is 5.38 Å². The van der Waals surface area contributed by atoms with Gasteiger partial charge < -0.3 is 10.6 Å². The summed E-state index contributed by atoms with van der Waals surface area (Å²) in [5, 5.41) is 9.18. The molecule has 3 N–H and O–H groups in total. The first-order valence-corrected chi connectivity index (χ1v) is 9.33. The minimum absolute atomic E-state index is 0.190. The molecule has 0 aliphatic rings. The number of thiazole rings is 1. The molecule has 0 radical (unpaired) electrons. The molecular weight excluding hydrogens is 424 g/mol. The van der Waals surface area contributed by atoms with E-state index in [0.717, 1.165) is 17.4 Å². The molecule has 0 aliphatic carbocycles. The molecule has 0 bridgehead atoms. The molecule has 6 nitrogen and oxygen atoms in total. The third-order valence-corrected chi connectivity index (χ3v) is 4.51. The van der Waals surface area contributed by atoms with Crippen molar-refractivity contribution in [1.29, 1.82) is 0 Å². The zero-order chi connectivity index (χ0) is 21.7. The average Bonchev–Trinajstić information content (AvgIpc) is 3.09. The Kier molecular flexibility index (Phi) is 6.31. The number of hydrogen-bond donors (Lipinski definition) is 3. The fourth-order valence-electron chi connectivity index (χ4n) is 2.42. The van der Waals surface area contributed by atoms with Crippen molar-refractivity contribution >= 4 is 39.8 Å². The van der Waals surface area contributed by atoms with Crippen molar-refractivity contribution in [3.8, 4) is 0 Å². The average molecular weight is 438 g/mol. The van der Waals surface area contributed by atoms with Crippen LogP contribution in [0, 0.1) is 5.82 Å². The van der Waals surface area contributed by atoms with Crippen LogP contribution < -0.4 is 16.0 Å². The van der Waals surface area contributed by atoms with Gasteiger partial charge in [0.15, 0.2) is 5.13 Å². The zero-order valence-corrected chi connectivity index (χ0v) is 15.9. The molecule has 156 valence electrons. The number of rotatable bonds is 5. The number of nitrogens with zero attached hydrogens (tertiary/aromatic N) is 1. The molecule has 3 aromatic rings. The number of urea groups is 1. The summed E-state index contributed by atoms with van der Waals surface area (Å²) >= 11 is 1.08. The van der Waals surface area contributed by atoms with Crippen LogP contribution >= 0.6 is 11.3 Å². The van der Waals surface area contributed by atoms with E-state index in [1.54, 1.807) is 30.3 Å². The van der Waals surface area contributed by atoms with Crippen LogP contribution in [0.25, 0.3) is 0 Å². The Morgan fingerprint density at radius 1 is 0.967 bits per heavy atom. The quantitative estimate of drug-likeness (QED) is 0.483. The second-order valence-electron chi connectivity index (χ2n) is 6.01. The summed E-state index contributed by atoms with van der Waals surface area (Å²) in [7, 11) is 0. The maximum absolute atomic E-state index is 13.3. The van der Waals surface area contributed by atoms with Crippen molar-refractivity contribution in [3.05, 3.63) is 71.0 Å². The normalized spacial score (nSPS) is 11.1. The highest BCUT2D eigenvalue weighted by molar-refractivity contribution is 7.14. The Morgan fingerprint density at radius 2 is 1.70 bits per heavy atom. The van der Waals surface area contributed by atoms with Gasteiger partial charge in [-0.1, -0.05) is 18.2 Å². The SMILES string of the molecule is O=C(Cc1csc(NC(=O)Nc2ccccc2)n1)Nc1ccc(F)c(C(F)(F)F)c1.